The van der Waals surface area contributed by atoms with Gasteiger partial charge in [0.05, 0.1) is 13.4 Å². The lowest BCUT2D eigenvalue weighted by molar-refractivity contribution is 0.149. The highest BCUT2D eigenvalue weighted by Crippen LogP contribution is 2.22. The molecule has 0 aromatic heterocycles. The average Bonchev–Trinajstić information content (AvgIpc) is 2.24. The second-order valence-corrected chi connectivity index (χ2v) is 5.32. The predicted molar refractivity (Wildman–Crippen MR) is 63.8 cm³/mol. The van der Waals surface area contributed by atoms with E-state index < -0.39 is 22.0 Å². The lowest BCUT2D eigenvalue weighted by atomic mass is 10.3. The average molecular weight is 278 g/mol. The van der Waals surface area contributed by atoms with Crippen LogP contribution in [0.15, 0.2) is 18.2 Å². The lowest BCUT2D eigenvalue weighted by Gasteiger charge is -2.13. The summed E-state index contributed by atoms with van der Waals surface area (Å²) in [5.41, 5.74) is 0. The van der Waals surface area contributed by atoms with Crippen molar-refractivity contribution in [1.29, 1.82) is 0 Å². The minimum absolute atomic E-state index is 0.00115. The van der Waals surface area contributed by atoms with Crippen molar-refractivity contribution in [3.05, 3.63) is 24.0 Å². The van der Waals surface area contributed by atoms with Crippen LogP contribution in [0.4, 0.5) is 4.39 Å². The van der Waals surface area contributed by atoms with Crippen LogP contribution in [-0.4, -0.2) is 34.5 Å². The number of rotatable bonds is 6. The van der Waals surface area contributed by atoms with E-state index in [-0.39, 0.29) is 18.1 Å². The molecule has 1 atom stereocenters. The highest BCUT2D eigenvalue weighted by molar-refractivity contribution is 7.86. The van der Waals surface area contributed by atoms with E-state index >= 15 is 0 Å². The zero-order valence-corrected chi connectivity index (χ0v) is 11.2. The van der Waals surface area contributed by atoms with Crippen molar-refractivity contribution < 1.29 is 26.5 Å². The zero-order chi connectivity index (χ0) is 13.8. The highest BCUT2D eigenvalue weighted by atomic mass is 32.2. The number of methoxy groups -OCH3 is 1. The fourth-order valence-corrected chi connectivity index (χ4v) is 1.93. The summed E-state index contributed by atoms with van der Waals surface area (Å²) in [6.45, 7) is 1.54. The first-order valence-corrected chi connectivity index (χ1v) is 6.98. The van der Waals surface area contributed by atoms with E-state index in [0.29, 0.717) is 0 Å². The maximum Gasteiger partial charge on any atom is 0.264 e. The van der Waals surface area contributed by atoms with Gasteiger partial charge < -0.3 is 9.47 Å². The van der Waals surface area contributed by atoms with Crippen LogP contribution in [0, 0.1) is 5.82 Å². The largest absolute Gasteiger partial charge is 0.494 e. The number of halogens is 1. The third-order valence-corrected chi connectivity index (χ3v) is 2.63. The Hall–Kier alpha value is -1.34. The third-order valence-electron chi connectivity index (χ3n) is 1.95. The molecule has 102 valence electrons. The summed E-state index contributed by atoms with van der Waals surface area (Å²) in [7, 11) is -2.16. The molecule has 1 rings (SSSR count). The Labute approximate surface area is 106 Å². The van der Waals surface area contributed by atoms with Crippen molar-refractivity contribution >= 4 is 10.1 Å². The fraction of sp³-hybridized carbons (Fsp3) is 0.455. The minimum atomic E-state index is -3.52. The van der Waals surface area contributed by atoms with Crippen LogP contribution in [-0.2, 0) is 14.3 Å². The normalized spacial score (nSPS) is 13.1. The van der Waals surface area contributed by atoms with Gasteiger partial charge in [-0.25, -0.2) is 4.39 Å². The molecule has 0 fully saturated rings. The first-order valence-electron chi connectivity index (χ1n) is 5.16. The standard InChI is InChI=1S/C11H15FO5S/c1-8(17-18(3,13)14)7-16-9-4-5-11(15-2)10(12)6-9/h4-6,8H,7H2,1-3H3/t8-/m1/s1. The van der Waals surface area contributed by atoms with E-state index in [2.05, 4.69) is 4.18 Å². The first-order chi connectivity index (χ1) is 8.31. The predicted octanol–water partition coefficient (Wildman–Crippen LogP) is 1.58. The molecule has 0 aliphatic carbocycles. The molecule has 0 amide bonds. The molecule has 0 spiro atoms. The first kappa shape index (κ1) is 14.7. The molecule has 1 aromatic carbocycles. The Bertz CT molecular complexity index is 500. The van der Waals surface area contributed by atoms with Gasteiger partial charge >= 0.3 is 0 Å². The number of hydrogen-bond donors (Lipinski definition) is 0. The monoisotopic (exact) mass is 278 g/mol. The maximum absolute atomic E-state index is 13.3. The van der Waals surface area contributed by atoms with Gasteiger partial charge in [0, 0.05) is 6.07 Å². The highest BCUT2D eigenvalue weighted by Gasteiger charge is 2.11. The molecule has 7 heteroatoms. The van der Waals surface area contributed by atoms with Gasteiger partial charge in [-0.05, 0) is 19.1 Å². The number of benzene rings is 1. The van der Waals surface area contributed by atoms with E-state index in [4.69, 9.17) is 9.47 Å². The van der Waals surface area contributed by atoms with Gasteiger partial charge in [0.1, 0.15) is 18.5 Å². The molecule has 1 aromatic rings. The van der Waals surface area contributed by atoms with Crippen LogP contribution in [0.3, 0.4) is 0 Å². The third kappa shape index (κ3) is 4.89. The maximum atomic E-state index is 13.3. The smallest absolute Gasteiger partial charge is 0.264 e. The Kier molecular flexibility index (Phi) is 4.92. The SMILES string of the molecule is COc1ccc(OC[C@@H](C)OS(C)(=O)=O)cc1F. The summed E-state index contributed by atoms with van der Waals surface area (Å²) in [6, 6.07) is 4.10. The van der Waals surface area contributed by atoms with Crippen LogP contribution in [0.25, 0.3) is 0 Å². The van der Waals surface area contributed by atoms with Gasteiger partial charge in [-0.15, -0.1) is 0 Å². The zero-order valence-electron chi connectivity index (χ0n) is 10.3. The molecule has 0 bridgehead atoms. The molecular formula is C11H15FO5S. The number of hydrogen-bond acceptors (Lipinski definition) is 5. The van der Waals surface area contributed by atoms with Crippen LogP contribution < -0.4 is 9.47 Å². The summed E-state index contributed by atoms with van der Waals surface area (Å²) in [5.74, 6) is -0.160. The number of ether oxygens (including phenoxy) is 2. The van der Waals surface area contributed by atoms with E-state index in [1.165, 1.54) is 19.2 Å². The van der Waals surface area contributed by atoms with Crippen molar-refractivity contribution in [2.24, 2.45) is 0 Å². The lowest BCUT2D eigenvalue weighted by Crippen LogP contribution is -2.21. The van der Waals surface area contributed by atoms with Crippen molar-refractivity contribution in [1.82, 2.24) is 0 Å². The molecule has 0 unspecified atom stereocenters. The second kappa shape index (κ2) is 6.01. The molecule has 0 aliphatic heterocycles. The van der Waals surface area contributed by atoms with Gasteiger partial charge in [-0.3, -0.25) is 4.18 Å². The Morgan fingerprint density at radius 2 is 2.06 bits per heavy atom. The van der Waals surface area contributed by atoms with Crippen LogP contribution in [0.2, 0.25) is 0 Å². The minimum Gasteiger partial charge on any atom is -0.494 e. The van der Waals surface area contributed by atoms with Crippen LogP contribution in [0.5, 0.6) is 11.5 Å². The van der Waals surface area contributed by atoms with E-state index in [9.17, 15) is 12.8 Å². The summed E-state index contributed by atoms with van der Waals surface area (Å²) in [6.07, 6.45) is 0.307. The van der Waals surface area contributed by atoms with E-state index in [1.807, 2.05) is 0 Å². The summed E-state index contributed by atoms with van der Waals surface area (Å²) >= 11 is 0. The van der Waals surface area contributed by atoms with E-state index in [1.54, 1.807) is 6.92 Å². The van der Waals surface area contributed by atoms with Gasteiger partial charge in [0.2, 0.25) is 0 Å². The van der Waals surface area contributed by atoms with Crippen LogP contribution >= 0.6 is 0 Å². The quantitative estimate of drug-likeness (QED) is 0.739. The molecule has 5 nitrogen and oxygen atoms in total. The summed E-state index contributed by atoms with van der Waals surface area (Å²) < 4.78 is 49.6. The molecule has 18 heavy (non-hydrogen) atoms. The van der Waals surface area contributed by atoms with Crippen LogP contribution in [0.1, 0.15) is 6.92 Å². The molecule has 0 radical (unpaired) electrons. The van der Waals surface area contributed by atoms with Crippen molar-refractivity contribution in [2.45, 2.75) is 13.0 Å². The second-order valence-electron chi connectivity index (χ2n) is 3.72. The Balaban J connectivity index is 2.56. The van der Waals surface area contributed by atoms with Crippen molar-refractivity contribution in [3.8, 4) is 11.5 Å². The van der Waals surface area contributed by atoms with Crippen molar-refractivity contribution in [2.75, 3.05) is 20.0 Å². The molecule has 0 N–H and O–H groups in total. The van der Waals surface area contributed by atoms with Gasteiger partial charge in [0.25, 0.3) is 10.1 Å². The molecule has 0 saturated heterocycles. The summed E-state index contributed by atoms with van der Waals surface area (Å²) in [5, 5.41) is 0. The molecule has 0 heterocycles. The van der Waals surface area contributed by atoms with E-state index in [0.717, 1.165) is 12.3 Å². The topological polar surface area (TPSA) is 61.8 Å². The summed E-state index contributed by atoms with van der Waals surface area (Å²) in [4.78, 5) is 0. The molecule has 0 aliphatic rings. The van der Waals surface area contributed by atoms with Gasteiger partial charge in [-0.2, -0.15) is 8.42 Å². The van der Waals surface area contributed by atoms with Crippen molar-refractivity contribution in [3.63, 3.8) is 0 Å². The van der Waals surface area contributed by atoms with Gasteiger partial charge in [-0.1, -0.05) is 0 Å². The Morgan fingerprint density at radius 1 is 1.39 bits per heavy atom. The fourth-order valence-electron chi connectivity index (χ4n) is 1.28. The molecule has 0 saturated carbocycles. The molecular weight excluding hydrogens is 263 g/mol. The Morgan fingerprint density at radius 3 is 2.56 bits per heavy atom. The van der Waals surface area contributed by atoms with Gasteiger partial charge in [0.15, 0.2) is 11.6 Å².